The number of benzene rings is 1. The number of hydrogen-bond acceptors (Lipinski definition) is 4. The van der Waals surface area contributed by atoms with E-state index in [1.807, 2.05) is 25.1 Å². The van der Waals surface area contributed by atoms with E-state index in [0.717, 1.165) is 42.0 Å². The van der Waals surface area contributed by atoms with E-state index in [-0.39, 0.29) is 6.04 Å². The largest absolute Gasteiger partial charge is 0.497 e. The van der Waals surface area contributed by atoms with Crippen LogP contribution in [0.4, 0.5) is 0 Å². The SMILES string of the molecule is COc1ccc2oc(C(C)CCCC(C)N)nc2c1. The van der Waals surface area contributed by atoms with Crippen molar-refractivity contribution in [1.29, 1.82) is 0 Å². The zero-order valence-corrected chi connectivity index (χ0v) is 11.8. The minimum absolute atomic E-state index is 0.264. The van der Waals surface area contributed by atoms with Crippen molar-refractivity contribution in [1.82, 2.24) is 4.98 Å². The van der Waals surface area contributed by atoms with Crippen LogP contribution in [0, 0.1) is 0 Å². The molecule has 104 valence electrons. The molecule has 0 saturated heterocycles. The van der Waals surface area contributed by atoms with Crippen LogP contribution in [0.3, 0.4) is 0 Å². The fourth-order valence-corrected chi connectivity index (χ4v) is 2.13. The van der Waals surface area contributed by atoms with Crippen molar-refractivity contribution in [3.05, 3.63) is 24.1 Å². The van der Waals surface area contributed by atoms with Crippen LogP contribution in [0.5, 0.6) is 5.75 Å². The Kier molecular flexibility index (Phi) is 4.43. The Morgan fingerprint density at radius 3 is 2.79 bits per heavy atom. The summed E-state index contributed by atoms with van der Waals surface area (Å²) in [5.41, 5.74) is 7.43. The van der Waals surface area contributed by atoms with Crippen LogP contribution >= 0.6 is 0 Å². The second-order valence-electron chi connectivity index (χ2n) is 5.19. The van der Waals surface area contributed by atoms with Crippen molar-refractivity contribution in [3.8, 4) is 5.75 Å². The molecule has 1 aromatic carbocycles. The monoisotopic (exact) mass is 262 g/mol. The van der Waals surface area contributed by atoms with Gasteiger partial charge in [0.05, 0.1) is 7.11 Å². The number of aromatic nitrogens is 1. The summed E-state index contributed by atoms with van der Waals surface area (Å²) >= 11 is 0. The molecule has 19 heavy (non-hydrogen) atoms. The van der Waals surface area contributed by atoms with Gasteiger partial charge < -0.3 is 14.9 Å². The maximum Gasteiger partial charge on any atom is 0.198 e. The Hall–Kier alpha value is -1.55. The van der Waals surface area contributed by atoms with Gasteiger partial charge >= 0.3 is 0 Å². The molecule has 2 N–H and O–H groups in total. The van der Waals surface area contributed by atoms with Gasteiger partial charge in [-0.05, 0) is 31.9 Å². The van der Waals surface area contributed by atoms with Gasteiger partial charge in [0, 0.05) is 18.0 Å². The average Bonchev–Trinajstić information content (AvgIpc) is 2.80. The third-order valence-electron chi connectivity index (χ3n) is 3.33. The van der Waals surface area contributed by atoms with Gasteiger partial charge in [-0.2, -0.15) is 0 Å². The van der Waals surface area contributed by atoms with Crippen molar-refractivity contribution in [2.24, 2.45) is 5.73 Å². The van der Waals surface area contributed by atoms with E-state index >= 15 is 0 Å². The fourth-order valence-electron chi connectivity index (χ4n) is 2.13. The zero-order chi connectivity index (χ0) is 13.8. The van der Waals surface area contributed by atoms with E-state index in [4.69, 9.17) is 14.9 Å². The Morgan fingerprint density at radius 2 is 2.11 bits per heavy atom. The predicted octanol–water partition coefficient (Wildman–Crippen LogP) is 3.46. The van der Waals surface area contributed by atoms with Crippen molar-refractivity contribution >= 4 is 11.1 Å². The molecule has 2 unspecified atom stereocenters. The molecular weight excluding hydrogens is 240 g/mol. The van der Waals surface area contributed by atoms with Crippen molar-refractivity contribution < 1.29 is 9.15 Å². The molecule has 0 amide bonds. The second kappa shape index (κ2) is 6.06. The lowest BCUT2D eigenvalue weighted by molar-refractivity contribution is 0.415. The average molecular weight is 262 g/mol. The van der Waals surface area contributed by atoms with Gasteiger partial charge in [-0.3, -0.25) is 0 Å². The molecule has 2 aromatic rings. The highest BCUT2D eigenvalue weighted by Crippen LogP contribution is 2.27. The van der Waals surface area contributed by atoms with Crippen molar-refractivity contribution in [2.45, 2.75) is 45.1 Å². The molecule has 0 spiro atoms. The molecule has 2 atom stereocenters. The highest BCUT2D eigenvalue weighted by atomic mass is 16.5. The standard InChI is InChI=1S/C15H22N2O2/c1-10(5-4-6-11(2)16)15-17-13-9-12(18-3)7-8-14(13)19-15/h7-11H,4-6,16H2,1-3H3. The third-order valence-corrected chi connectivity index (χ3v) is 3.33. The number of rotatable bonds is 6. The lowest BCUT2D eigenvalue weighted by Gasteiger charge is -2.08. The van der Waals surface area contributed by atoms with E-state index < -0.39 is 0 Å². The molecule has 0 aliphatic rings. The molecule has 0 bridgehead atoms. The highest BCUT2D eigenvalue weighted by molar-refractivity contribution is 5.74. The lowest BCUT2D eigenvalue weighted by Crippen LogP contribution is -2.14. The number of hydrogen-bond donors (Lipinski definition) is 1. The van der Waals surface area contributed by atoms with E-state index in [1.165, 1.54) is 0 Å². The van der Waals surface area contributed by atoms with E-state index in [2.05, 4.69) is 11.9 Å². The molecule has 4 heteroatoms. The van der Waals surface area contributed by atoms with Crippen LogP contribution < -0.4 is 10.5 Å². The molecule has 0 radical (unpaired) electrons. The van der Waals surface area contributed by atoms with Gasteiger partial charge in [0.2, 0.25) is 0 Å². The molecule has 2 rings (SSSR count). The number of ether oxygens (including phenoxy) is 1. The van der Waals surface area contributed by atoms with E-state index in [0.29, 0.717) is 5.92 Å². The number of fused-ring (bicyclic) bond motifs is 1. The Balaban J connectivity index is 2.07. The van der Waals surface area contributed by atoms with E-state index in [9.17, 15) is 0 Å². The van der Waals surface area contributed by atoms with Gasteiger partial charge in [0.15, 0.2) is 11.5 Å². The summed E-state index contributed by atoms with van der Waals surface area (Å²) < 4.78 is 11.0. The van der Waals surface area contributed by atoms with Crippen molar-refractivity contribution in [2.75, 3.05) is 7.11 Å². The summed E-state index contributed by atoms with van der Waals surface area (Å²) in [5, 5.41) is 0. The van der Waals surface area contributed by atoms with Crippen LogP contribution in [0.25, 0.3) is 11.1 Å². The van der Waals surface area contributed by atoms with Crippen molar-refractivity contribution in [3.63, 3.8) is 0 Å². The van der Waals surface area contributed by atoms with E-state index in [1.54, 1.807) is 7.11 Å². The topological polar surface area (TPSA) is 61.3 Å². The first kappa shape index (κ1) is 13.9. The molecule has 4 nitrogen and oxygen atoms in total. The number of methoxy groups -OCH3 is 1. The van der Waals surface area contributed by atoms with Gasteiger partial charge in [-0.25, -0.2) is 4.98 Å². The van der Waals surface area contributed by atoms with Gasteiger partial charge in [0.25, 0.3) is 0 Å². The number of oxazole rings is 1. The zero-order valence-electron chi connectivity index (χ0n) is 11.8. The van der Waals surface area contributed by atoms with Crippen LogP contribution in [0.15, 0.2) is 22.6 Å². The normalized spacial score (nSPS) is 14.5. The molecular formula is C15H22N2O2. The second-order valence-corrected chi connectivity index (χ2v) is 5.19. The van der Waals surface area contributed by atoms with Gasteiger partial charge in [-0.1, -0.05) is 13.3 Å². The Labute approximate surface area is 114 Å². The Bertz CT molecular complexity index is 534. The van der Waals surface area contributed by atoms with Gasteiger partial charge in [-0.15, -0.1) is 0 Å². The Morgan fingerprint density at radius 1 is 1.32 bits per heavy atom. The molecule has 0 fully saturated rings. The maximum absolute atomic E-state index is 5.79. The van der Waals surface area contributed by atoms with Crippen LogP contribution in [0.2, 0.25) is 0 Å². The highest BCUT2D eigenvalue weighted by Gasteiger charge is 2.14. The fraction of sp³-hybridized carbons (Fsp3) is 0.533. The smallest absolute Gasteiger partial charge is 0.198 e. The summed E-state index contributed by atoms with van der Waals surface area (Å²) in [6, 6.07) is 5.95. The maximum atomic E-state index is 5.79. The molecule has 0 aliphatic heterocycles. The molecule has 1 aromatic heterocycles. The molecule has 1 heterocycles. The van der Waals surface area contributed by atoms with Crippen LogP contribution in [-0.2, 0) is 0 Å². The number of nitrogens with two attached hydrogens (primary N) is 1. The van der Waals surface area contributed by atoms with Crippen LogP contribution in [-0.4, -0.2) is 18.1 Å². The first-order valence-corrected chi connectivity index (χ1v) is 6.80. The minimum atomic E-state index is 0.264. The number of nitrogens with zero attached hydrogens (tertiary/aromatic N) is 1. The first-order chi connectivity index (χ1) is 9.10. The summed E-state index contributed by atoms with van der Waals surface area (Å²) in [7, 11) is 1.65. The molecule has 0 aliphatic carbocycles. The minimum Gasteiger partial charge on any atom is -0.497 e. The predicted molar refractivity (Wildman–Crippen MR) is 76.5 cm³/mol. The summed E-state index contributed by atoms with van der Waals surface area (Å²) in [5.74, 6) is 1.92. The summed E-state index contributed by atoms with van der Waals surface area (Å²) in [6.07, 6.45) is 3.19. The summed E-state index contributed by atoms with van der Waals surface area (Å²) in [4.78, 5) is 4.54. The van der Waals surface area contributed by atoms with Gasteiger partial charge in [0.1, 0.15) is 11.3 Å². The molecule has 0 saturated carbocycles. The summed E-state index contributed by atoms with van der Waals surface area (Å²) in [6.45, 7) is 4.18. The lowest BCUT2D eigenvalue weighted by atomic mass is 10.0. The third kappa shape index (κ3) is 3.47. The quantitative estimate of drug-likeness (QED) is 0.866. The van der Waals surface area contributed by atoms with Crippen LogP contribution in [0.1, 0.15) is 44.9 Å². The first-order valence-electron chi connectivity index (χ1n) is 6.80.